The lowest BCUT2D eigenvalue weighted by molar-refractivity contribution is -0.124. The molecule has 1 saturated carbocycles. The van der Waals surface area contributed by atoms with Gasteiger partial charge in [0.25, 0.3) is 0 Å². The van der Waals surface area contributed by atoms with Gasteiger partial charge in [-0.3, -0.25) is 4.79 Å². The molecule has 0 atom stereocenters. The Hall–Kier alpha value is -0.640. The molecule has 0 spiro atoms. The van der Waals surface area contributed by atoms with Crippen LogP contribution >= 0.6 is 12.2 Å². The Kier molecular flexibility index (Phi) is 3.86. The van der Waals surface area contributed by atoms with Crippen LogP contribution in [0.15, 0.2) is 0 Å². The molecule has 1 fully saturated rings. The Bertz CT molecular complexity index is 236. The topological polar surface area (TPSA) is 55.1 Å². The molecule has 1 rings (SSSR count). The number of nitrogens with one attached hydrogen (secondary N) is 1. The highest BCUT2D eigenvalue weighted by atomic mass is 32.1. The van der Waals surface area contributed by atoms with E-state index < -0.39 is 5.41 Å². The predicted octanol–water partition coefficient (Wildman–Crippen LogP) is 1.36. The van der Waals surface area contributed by atoms with Crippen molar-refractivity contribution in [2.45, 2.75) is 39.0 Å². The third-order valence-electron chi connectivity index (χ3n) is 2.72. The molecule has 3 nitrogen and oxygen atoms in total. The monoisotopic (exact) mass is 214 g/mol. The van der Waals surface area contributed by atoms with Crippen molar-refractivity contribution in [3.63, 3.8) is 0 Å². The Morgan fingerprint density at radius 2 is 2.14 bits per heavy atom. The van der Waals surface area contributed by atoms with E-state index >= 15 is 0 Å². The van der Waals surface area contributed by atoms with E-state index in [1.165, 1.54) is 0 Å². The van der Waals surface area contributed by atoms with Gasteiger partial charge >= 0.3 is 0 Å². The van der Waals surface area contributed by atoms with Crippen molar-refractivity contribution in [1.29, 1.82) is 0 Å². The summed E-state index contributed by atoms with van der Waals surface area (Å²) in [4.78, 5) is 12.0. The van der Waals surface area contributed by atoms with Gasteiger partial charge in [-0.05, 0) is 19.3 Å². The van der Waals surface area contributed by atoms with Gasteiger partial charge in [-0.2, -0.15) is 0 Å². The number of hydrogen-bond acceptors (Lipinski definition) is 2. The van der Waals surface area contributed by atoms with Gasteiger partial charge in [-0.15, -0.1) is 0 Å². The summed E-state index contributed by atoms with van der Waals surface area (Å²) in [5.41, 5.74) is 5.05. The van der Waals surface area contributed by atoms with Crippen LogP contribution in [0.25, 0.3) is 0 Å². The van der Waals surface area contributed by atoms with Gasteiger partial charge in [0, 0.05) is 6.54 Å². The van der Waals surface area contributed by atoms with Crippen LogP contribution in [-0.4, -0.2) is 17.4 Å². The van der Waals surface area contributed by atoms with Crippen molar-refractivity contribution in [2.75, 3.05) is 6.54 Å². The van der Waals surface area contributed by atoms with Crippen molar-refractivity contribution < 1.29 is 4.79 Å². The Balaban J connectivity index is 2.25. The van der Waals surface area contributed by atoms with Gasteiger partial charge in [0.15, 0.2) is 0 Å². The molecular weight excluding hydrogens is 196 g/mol. The van der Waals surface area contributed by atoms with Crippen LogP contribution in [0.4, 0.5) is 0 Å². The number of hydrogen-bond donors (Lipinski definition) is 2. The average Bonchev–Trinajstić information content (AvgIpc) is 2.92. The van der Waals surface area contributed by atoms with E-state index in [-0.39, 0.29) is 5.91 Å². The molecule has 0 radical (unpaired) electrons. The fourth-order valence-electron chi connectivity index (χ4n) is 1.46. The summed E-state index contributed by atoms with van der Waals surface area (Å²) in [5, 5.41) is 2.90. The smallest absolute Gasteiger partial charge is 0.233 e. The molecule has 0 unspecified atom stereocenters. The minimum Gasteiger partial charge on any atom is -0.392 e. The lowest BCUT2D eigenvalue weighted by Gasteiger charge is -2.13. The zero-order chi connectivity index (χ0) is 10.6. The first-order valence-corrected chi connectivity index (χ1v) is 5.62. The second kappa shape index (κ2) is 4.73. The third kappa shape index (κ3) is 2.44. The van der Waals surface area contributed by atoms with E-state index in [0.717, 1.165) is 38.6 Å². The second-order valence-electron chi connectivity index (χ2n) is 3.91. The van der Waals surface area contributed by atoms with Gasteiger partial charge in [-0.25, -0.2) is 0 Å². The molecule has 80 valence electrons. The molecule has 4 heteroatoms. The SMILES string of the molecule is CCCCCNC(=O)C1(C(N)=S)CC1. The molecule has 0 aromatic carbocycles. The van der Waals surface area contributed by atoms with E-state index in [2.05, 4.69) is 12.2 Å². The summed E-state index contributed by atoms with van der Waals surface area (Å²) in [6.07, 6.45) is 5.00. The van der Waals surface area contributed by atoms with Crippen molar-refractivity contribution in [2.24, 2.45) is 11.1 Å². The summed E-state index contributed by atoms with van der Waals surface area (Å²) in [5.74, 6) is 0.0288. The largest absolute Gasteiger partial charge is 0.392 e. The number of amides is 1. The molecule has 3 N–H and O–H groups in total. The van der Waals surface area contributed by atoms with Crippen molar-refractivity contribution in [3.05, 3.63) is 0 Å². The summed E-state index contributed by atoms with van der Waals surface area (Å²) in [7, 11) is 0. The zero-order valence-corrected chi connectivity index (χ0v) is 9.45. The first-order chi connectivity index (χ1) is 6.63. The highest BCUT2D eigenvalue weighted by molar-refractivity contribution is 7.80. The maximum Gasteiger partial charge on any atom is 0.233 e. The normalized spacial score (nSPS) is 17.5. The van der Waals surface area contributed by atoms with E-state index in [1.54, 1.807) is 0 Å². The standard InChI is InChI=1S/C10H18N2OS/c1-2-3-4-7-12-9(13)10(5-6-10)8(11)14/h2-7H2,1H3,(H2,11,14)(H,12,13). The van der Waals surface area contributed by atoms with Crippen LogP contribution in [0.2, 0.25) is 0 Å². The van der Waals surface area contributed by atoms with Crippen LogP contribution in [-0.2, 0) is 4.79 Å². The first kappa shape index (κ1) is 11.4. The minimum absolute atomic E-state index is 0.0288. The highest BCUT2D eigenvalue weighted by Crippen LogP contribution is 2.46. The van der Waals surface area contributed by atoms with E-state index in [9.17, 15) is 4.79 Å². The molecule has 0 bridgehead atoms. The Morgan fingerprint density at radius 3 is 2.57 bits per heavy atom. The molecule has 1 amide bonds. The molecule has 0 heterocycles. The van der Waals surface area contributed by atoms with Crippen LogP contribution < -0.4 is 11.1 Å². The van der Waals surface area contributed by atoms with E-state index in [1.807, 2.05) is 0 Å². The van der Waals surface area contributed by atoms with E-state index in [0.29, 0.717) is 4.99 Å². The number of thiocarbonyl (C=S) groups is 1. The van der Waals surface area contributed by atoms with Crippen molar-refractivity contribution in [3.8, 4) is 0 Å². The quantitative estimate of drug-likeness (QED) is 0.518. The van der Waals surface area contributed by atoms with E-state index in [4.69, 9.17) is 18.0 Å². The number of carbonyl (C=O) groups excluding carboxylic acids is 1. The maximum atomic E-state index is 11.7. The van der Waals surface area contributed by atoms with Gasteiger partial charge in [-0.1, -0.05) is 32.0 Å². The molecular formula is C10H18N2OS. The van der Waals surface area contributed by atoms with Crippen molar-refractivity contribution in [1.82, 2.24) is 5.32 Å². The first-order valence-electron chi connectivity index (χ1n) is 5.21. The van der Waals surface area contributed by atoms with Gasteiger partial charge in [0.05, 0.1) is 10.4 Å². The lowest BCUT2D eigenvalue weighted by Crippen LogP contribution is -2.39. The second-order valence-corrected chi connectivity index (χ2v) is 4.35. The maximum absolute atomic E-state index is 11.7. The molecule has 0 saturated heterocycles. The molecule has 0 aromatic heterocycles. The molecule has 14 heavy (non-hydrogen) atoms. The fraction of sp³-hybridized carbons (Fsp3) is 0.800. The number of rotatable bonds is 6. The summed E-state index contributed by atoms with van der Waals surface area (Å²) >= 11 is 4.89. The highest BCUT2D eigenvalue weighted by Gasteiger charge is 2.52. The van der Waals surface area contributed by atoms with Gasteiger partial charge in [0.1, 0.15) is 0 Å². The number of carbonyl (C=O) groups is 1. The fourth-order valence-corrected chi connectivity index (χ4v) is 1.75. The van der Waals surface area contributed by atoms with Crippen LogP contribution in [0.3, 0.4) is 0 Å². The summed E-state index contributed by atoms with van der Waals surface area (Å²) < 4.78 is 0. The van der Waals surface area contributed by atoms with Crippen LogP contribution in [0.5, 0.6) is 0 Å². The number of unbranched alkanes of at least 4 members (excludes halogenated alkanes) is 2. The van der Waals surface area contributed by atoms with Crippen LogP contribution in [0, 0.1) is 5.41 Å². The zero-order valence-electron chi connectivity index (χ0n) is 8.64. The molecule has 0 aromatic rings. The summed E-state index contributed by atoms with van der Waals surface area (Å²) in [6.45, 7) is 2.89. The Labute approximate surface area is 90.4 Å². The van der Waals surface area contributed by atoms with Gasteiger partial charge in [0.2, 0.25) is 5.91 Å². The van der Waals surface area contributed by atoms with Gasteiger partial charge < -0.3 is 11.1 Å². The molecule has 1 aliphatic rings. The average molecular weight is 214 g/mol. The number of nitrogens with two attached hydrogens (primary N) is 1. The van der Waals surface area contributed by atoms with Crippen molar-refractivity contribution >= 4 is 23.1 Å². The minimum atomic E-state index is -0.485. The lowest BCUT2D eigenvalue weighted by atomic mass is 10.1. The summed E-state index contributed by atoms with van der Waals surface area (Å²) in [6, 6.07) is 0. The predicted molar refractivity (Wildman–Crippen MR) is 61.0 cm³/mol. The Morgan fingerprint density at radius 1 is 1.50 bits per heavy atom. The molecule has 1 aliphatic carbocycles. The molecule has 0 aliphatic heterocycles. The third-order valence-corrected chi connectivity index (χ3v) is 3.11. The van der Waals surface area contributed by atoms with Crippen LogP contribution in [0.1, 0.15) is 39.0 Å².